The summed E-state index contributed by atoms with van der Waals surface area (Å²) >= 11 is 0. The Hall–Kier alpha value is -2.82. The SMILES string of the molecule is CN(C(=O)COC(=O)/C=C/c1cccc(C(F)(F)F)c1)C1(C#N)CCCCC1. The number of ether oxygens (including phenoxy) is 1. The van der Waals surface area contributed by atoms with E-state index in [-0.39, 0.29) is 5.56 Å². The second kappa shape index (κ2) is 8.91. The van der Waals surface area contributed by atoms with Gasteiger partial charge in [0.2, 0.25) is 0 Å². The van der Waals surface area contributed by atoms with Gasteiger partial charge in [-0.05, 0) is 36.6 Å². The maximum absolute atomic E-state index is 12.7. The first-order valence-electron chi connectivity index (χ1n) is 8.88. The smallest absolute Gasteiger partial charge is 0.416 e. The summed E-state index contributed by atoms with van der Waals surface area (Å²) in [6.07, 6.45) is 1.55. The normalized spacial score (nSPS) is 16.4. The second-order valence-electron chi connectivity index (χ2n) is 6.72. The molecule has 1 aromatic carbocycles. The topological polar surface area (TPSA) is 70.4 Å². The molecular weight excluding hydrogens is 373 g/mol. The molecule has 0 atom stereocenters. The van der Waals surface area contributed by atoms with Crippen LogP contribution in [0.4, 0.5) is 13.2 Å². The predicted molar refractivity (Wildman–Crippen MR) is 95.6 cm³/mol. The van der Waals surface area contributed by atoms with E-state index in [0.29, 0.717) is 12.8 Å². The van der Waals surface area contributed by atoms with Gasteiger partial charge in [0, 0.05) is 13.1 Å². The van der Waals surface area contributed by atoms with Gasteiger partial charge in [-0.3, -0.25) is 4.79 Å². The van der Waals surface area contributed by atoms with Gasteiger partial charge in [-0.25, -0.2) is 4.79 Å². The lowest BCUT2D eigenvalue weighted by Gasteiger charge is -2.38. The third-order valence-corrected chi connectivity index (χ3v) is 4.87. The standard InChI is InChI=1S/C20H21F3N2O3/c1-25(19(14-24)10-3-2-4-11-19)17(26)13-28-18(27)9-8-15-6-5-7-16(12-15)20(21,22)23/h5-9,12H,2-4,10-11,13H2,1H3/b9-8+. The van der Waals surface area contributed by atoms with Gasteiger partial charge >= 0.3 is 12.1 Å². The molecule has 0 radical (unpaired) electrons. The number of amides is 1. The molecule has 0 bridgehead atoms. The molecule has 0 aliphatic heterocycles. The Kier molecular flexibility index (Phi) is 6.84. The molecule has 1 aliphatic carbocycles. The van der Waals surface area contributed by atoms with Crippen LogP contribution in [0.3, 0.4) is 0 Å². The van der Waals surface area contributed by atoms with Crippen molar-refractivity contribution in [3.8, 4) is 6.07 Å². The fraction of sp³-hybridized carbons (Fsp3) is 0.450. The Morgan fingerprint density at radius 3 is 2.57 bits per heavy atom. The lowest BCUT2D eigenvalue weighted by molar-refractivity contribution is -0.150. The molecule has 0 unspecified atom stereocenters. The summed E-state index contributed by atoms with van der Waals surface area (Å²) in [6, 6.07) is 6.69. The molecule has 0 aromatic heterocycles. The summed E-state index contributed by atoms with van der Waals surface area (Å²) in [5, 5.41) is 9.49. The fourth-order valence-electron chi connectivity index (χ4n) is 3.16. The van der Waals surface area contributed by atoms with E-state index in [4.69, 9.17) is 4.74 Å². The van der Waals surface area contributed by atoms with Gasteiger partial charge in [0.1, 0.15) is 5.54 Å². The van der Waals surface area contributed by atoms with Crippen molar-refractivity contribution >= 4 is 18.0 Å². The Morgan fingerprint density at radius 2 is 1.96 bits per heavy atom. The largest absolute Gasteiger partial charge is 0.452 e. The molecule has 0 heterocycles. The molecule has 1 fully saturated rings. The number of hydrogen-bond donors (Lipinski definition) is 0. The first-order valence-corrected chi connectivity index (χ1v) is 8.88. The van der Waals surface area contributed by atoms with Crippen LogP contribution in [0, 0.1) is 11.3 Å². The number of hydrogen-bond acceptors (Lipinski definition) is 4. The van der Waals surface area contributed by atoms with E-state index in [0.717, 1.165) is 37.5 Å². The van der Waals surface area contributed by atoms with E-state index in [1.807, 2.05) is 0 Å². The van der Waals surface area contributed by atoms with Crippen LogP contribution in [0.1, 0.15) is 43.2 Å². The average Bonchev–Trinajstić information content (AvgIpc) is 2.70. The highest BCUT2D eigenvalue weighted by molar-refractivity contribution is 5.89. The third kappa shape index (κ3) is 5.35. The van der Waals surface area contributed by atoms with Crippen LogP contribution in [0.2, 0.25) is 0 Å². The van der Waals surface area contributed by atoms with Crippen molar-refractivity contribution in [2.24, 2.45) is 0 Å². The molecule has 8 heteroatoms. The molecule has 1 aliphatic rings. The molecular formula is C20H21F3N2O3. The molecule has 1 amide bonds. The average molecular weight is 394 g/mol. The second-order valence-corrected chi connectivity index (χ2v) is 6.72. The fourth-order valence-corrected chi connectivity index (χ4v) is 3.16. The lowest BCUT2D eigenvalue weighted by atomic mass is 9.81. The van der Waals surface area contributed by atoms with Gasteiger partial charge in [0.05, 0.1) is 11.6 Å². The molecule has 28 heavy (non-hydrogen) atoms. The van der Waals surface area contributed by atoms with Crippen LogP contribution in [-0.2, 0) is 20.5 Å². The lowest BCUT2D eigenvalue weighted by Crippen LogP contribution is -2.51. The van der Waals surface area contributed by atoms with Crippen molar-refractivity contribution in [1.82, 2.24) is 4.90 Å². The minimum absolute atomic E-state index is 0.181. The Morgan fingerprint density at radius 1 is 1.29 bits per heavy atom. The highest BCUT2D eigenvalue weighted by Crippen LogP contribution is 2.32. The van der Waals surface area contributed by atoms with E-state index in [1.165, 1.54) is 30.2 Å². The minimum Gasteiger partial charge on any atom is -0.452 e. The van der Waals surface area contributed by atoms with Crippen molar-refractivity contribution in [2.75, 3.05) is 13.7 Å². The van der Waals surface area contributed by atoms with E-state index >= 15 is 0 Å². The van der Waals surface area contributed by atoms with Gasteiger partial charge in [0.25, 0.3) is 5.91 Å². The predicted octanol–water partition coefficient (Wildman–Crippen LogP) is 3.95. The molecule has 0 saturated heterocycles. The van der Waals surface area contributed by atoms with E-state index in [1.54, 1.807) is 0 Å². The number of nitriles is 1. The number of halogens is 3. The number of alkyl halides is 3. The first kappa shape index (κ1) is 21.5. The molecule has 0 spiro atoms. The molecule has 5 nitrogen and oxygen atoms in total. The van der Waals surface area contributed by atoms with Gasteiger partial charge in [-0.15, -0.1) is 0 Å². The van der Waals surface area contributed by atoms with Crippen LogP contribution >= 0.6 is 0 Å². The molecule has 150 valence electrons. The highest BCUT2D eigenvalue weighted by Gasteiger charge is 2.39. The quantitative estimate of drug-likeness (QED) is 0.560. The van der Waals surface area contributed by atoms with Crippen molar-refractivity contribution < 1.29 is 27.5 Å². The summed E-state index contributed by atoms with van der Waals surface area (Å²) in [4.78, 5) is 25.4. The zero-order chi connectivity index (χ0) is 20.8. The van der Waals surface area contributed by atoms with E-state index in [9.17, 15) is 28.0 Å². The number of likely N-dealkylation sites (N-methyl/N-ethyl adjacent to an activating group) is 1. The summed E-state index contributed by atoms with van der Waals surface area (Å²) < 4.78 is 42.9. The Balaban J connectivity index is 1.92. The van der Waals surface area contributed by atoms with Gasteiger partial charge in [-0.1, -0.05) is 31.4 Å². The zero-order valence-corrected chi connectivity index (χ0v) is 15.5. The number of carbonyl (C=O) groups is 2. The summed E-state index contributed by atoms with van der Waals surface area (Å²) in [7, 11) is 1.52. The number of nitrogens with zero attached hydrogens (tertiary/aromatic N) is 2. The van der Waals surface area contributed by atoms with Crippen LogP contribution in [0.15, 0.2) is 30.3 Å². The van der Waals surface area contributed by atoms with Crippen LogP contribution in [0.5, 0.6) is 0 Å². The van der Waals surface area contributed by atoms with Crippen molar-refractivity contribution in [3.05, 3.63) is 41.5 Å². The van der Waals surface area contributed by atoms with Gasteiger partial charge < -0.3 is 9.64 Å². The van der Waals surface area contributed by atoms with Crippen molar-refractivity contribution in [1.29, 1.82) is 5.26 Å². The number of carbonyl (C=O) groups excluding carboxylic acids is 2. The number of benzene rings is 1. The van der Waals surface area contributed by atoms with E-state index in [2.05, 4.69) is 6.07 Å². The van der Waals surface area contributed by atoms with Gasteiger partial charge in [-0.2, -0.15) is 18.4 Å². The Bertz CT molecular complexity index is 791. The molecule has 2 rings (SSSR count). The highest BCUT2D eigenvalue weighted by atomic mass is 19.4. The summed E-state index contributed by atoms with van der Waals surface area (Å²) in [5.41, 5.74) is -1.52. The number of esters is 1. The van der Waals surface area contributed by atoms with Crippen molar-refractivity contribution in [3.63, 3.8) is 0 Å². The zero-order valence-electron chi connectivity index (χ0n) is 15.5. The molecule has 1 saturated carbocycles. The minimum atomic E-state index is -4.48. The summed E-state index contributed by atoms with van der Waals surface area (Å²) in [6.45, 7) is -0.536. The van der Waals surface area contributed by atoms with Crippen LogP contribution < -0.4 is 0 Å². The molecule has 1 aromatic rings. The monoisotopic (exact) mass is 394 g/mol. The summed E-state index contributed by atoms with van der Waals surface area (Å²) in [5.74, 6) is -1.35. The number of rotatable bonds is 5. The van der Waals surface area contributed by atoms with Gasteiger partial charge in [0.15, 0.2) is 6.61 Å². The Labute approximate surface area is 161 Å². The molecule has 0 N–H and O–H groups in total. The maximum atomic E-state index is 12.7. The maximum Gasteiger partial charge on any atom is 0.416 e. The first-order chi connectivity index (χ1) is 13.2. The third-order valence-electron chi connectivity index (χ3n) is 4.87. The van der Waals surface area contributed by atoms with Crippen LogP contribution in [-0.4, -0.2) is 36.0 Å². The van der Waals surface area contributed by atoms with Crippen molar-refractivity contribution in [2.45, 2.75) is 43.8 Å². The van der Waals surface area contributed by atoms with E-state index < -0.39 is 35.8 Å². The van der Waals surface area contributed by atoms with Crippen LogP contribution in [0.25, 0.3) is 6.08 Å².